The molecular weight excluding hydrogens is 350 g/mol. The summed E-state index contributed by atoms with van der Waals surface area (Å²) in [7, 11) is 0. The predicted molar refractivity (Wildman–Crippen MR) is 89.2 cm³/mol. The van der Waals surface area contributed by atoms with Gasteiger partial charge in [0.2, 0.25) is 5.91 Å². The van der Waals surface area contributed by atoms with Crippen LogP contribution in [0.1, 0.15) is 31.1 Å². The summed E-state index contributed by atoms with van der Waals surface area (Å²) in [6.07, 6.45) is -0.0108. The summed E-state index contributed by atoms with van der Waals surface area (Å²) in [5.41, 5.74) is 0.201. The average Bonchev–Trinajstić information content (AvgIpc) is 2.52. The Morgan fingerprint density at radius 2 is 1.80 bits per heavy atom. The second kappa shape index (κ2) is 12.7. The first kappa shape index (κ1) is 22.4. The fraction of sp³-hybridized carbons (Fsp3) is 0.375. The van der Waals surface area contributed by atoms with Crippen LogP contribution in [0.4, 0.5) is 4.79 Å². The zero-order chi connectivity index (χ0) is 19.2. The van der Waals surface area contributed by atoms with E-state index in [9.17, 15) is 14.4 Å². The third kappa shape index (κ3) is 10.7. The molecule has 0 bridgehead atoms. The van der Waals surface area contributed by atoms with Gasteiger partial charge in [0.25, 0.3) is 0 Å². The van der Waals surface area contributed by atoms with Crippen molar-refractivity contribution >= 4 is 35.1 Å². The van der Waals surface area contributed by atoms with Gasteiger partial charge in [0.05, 0.1) is 6.10 Å². The number of thioether (sulfide) groups is 1. The number of hydrogen-bond acceptors (Lipinski definition) is 8. The molecule has 0 fully saturated rings. The number of carbonyl (C=O) groups excluding carboxylic acids is 5. The molecule has 25 heavy (non-hydrogen) atoms. The minimum absolute atomic E-state index is 0.157. The highest BCUT2D eigenvalue weighted by Gasteiger charge is 2.17. The molecule has 1 amide bonds. The Kier molecular flexibility index (Phi) is 11.4. The number of rotatable bonds is 6. The summed E-state index contributed by atoms with van der Waals surface area (Å²) in [6, 6.07) is 6.40. The molecule has 0 unspecified atom stereocenters. The van der Waals surface area contributed by atoms with Crippen LogP contribution >= 0.6 is 11.8 Å². The normalized spacial score (nSPS) is 9.28. The molecule has 1 aromatic carbocycles. The van der Waals surface area contributed by atoms with E-state index in [0.29, 0.717) is 12.3 Å². The number of benzene rings is 1. The fourth-order valence-electron chi connectivity index (χ4n) is 1.48. The molecule has 8 nitrogen and oxygen atoms in total. The molecule has 0 spiro atoms. The standard InChI is InChI=1S/C15H19NO5S.CO2/c1-10(2)20-14(18)12-6-4-5-7-13(12)21-15(19)22-9-8-16-11(3)17;2-1-3/h4-7,10H,8-9H2,1-3H3,(H,16,17);. The number of carbonyl (C=O) groups is 3. The number of hydrogen-bond donors (Lipinski definition) is 1. The van der Waals surface area contributed by atoms with Gasteiger partial charge >= 0.3 is 17.4 Å². The molecule has 0 atom stereocenters. The van der Waals surface area contributed by atoms with Crippen LogP contribution in [0.5, 0.6) is 5.75 Å². The van der Waals surface area contributed by atoms with Crippen LogP contribution in [-0.2, 0) is 19.1 Å². The van der Waals surface area contributed by atoms with E-state index in [0.717, 1.165) is 11.8 Å². The van der Waals surface area contributed by atoms with Gasteiger partial charge in [0, 0.05) is 19.2 Å². The van der Waals surface area contributed by atoms with Crippen LogP contribution in [0.2, 0.25) is 0 Å². The maximum atomic E-state index is 11.9. The number of para-hydroxylation sites is 1. The lowest BCUT2D eigenvalue weighted by molar-refractivity contribution is -0.191. The van der Waals surface area contributed by atoms with Crippen molar-refractivity contribution in [2.45, 2.75) is 26.9 Å². The number of esters is 1. The lowest BCUT2D eigenvalue weighted by Gasteiger charge is -2.11. The van der Waals surface area contributed by atoms with Crippen LogP contribution in [0.25, 0.3) is 0 Å². The third-order valence-corrected chi connectivity index (χ3v) is 3.07. The third-order valence-electron chi connectivity index (χ3n) is 2.34. The van der Waals surface area contributed by atoms with E-state index in [-0.39, 0.29) is 29.5 Å². The molecule has 9 heteroatoms. The minimum atomic E-state index is -0.546. The van der Waals surface area contributed by atoms with Gasteiger partial charge in [0.15, 0.2) is 0 Å². The van der Waals surface area contributed by atoms with E-state index in [4.69, 9.17) is 19.1 Å². The lowest BCUT2D eigenvalue weighted by atomic mass is 10.2. The van der Waals surface area contributed by atoms with Gasteiger partial charge in [-0.05, 0) is 37.7 Å². The summed E-state index contributed by atoms with van der Waals surface area (Å²) in [4.78, 5) is 50.6. The smallest absolute Gasteiger partial charge is 0.373 e. The van der Waals surface area contributed by atoms with E-state index >= 15 is 0 Å². The molecule has 0 saturated heterocycles. The Labute approximate surface area is 149 Å². The Morgan fingerprint density at radius 1 is 1.20 bits per heavy atom. The predicted octanol–water partition coefficient (Wildman–Crippen LogP) is 2.04. The van der Waals surface area contributed by atoms with Gasteiger partial charge in [-0.2, -0.15) is 9.59 Å². The zero-order valence-electron chi connectivity index (χ0n) is 14.1. The SMILES string of the molecule is CC(=O)NCCSC(=O)Oc1ccccc1C(=O)OC(C)C.O=C=O. The molecule has 1 aromatic rings. The maximum absolute atomic E-state index is 11.9. The van der Waals surface area contributed by atoms with Crippen molar-refractivity contribution in [2.24, 2.45) is 0 Å². The first-order valence-electron chi connectivity index (χ1n) is 7.20. The Morgan fingerprint density at radius 3 is 2.36 bits per heavy atom. The fourth-order valence-corrected chi connectivity index (χ4v) is 2.00. The van der Waals surface area contributed by atoms with Crippen molar-refractivity contribution < 1.29 is 33.4 Å². The largest absolute Gasteiger partial charge is 0.459 e. The van der Waals surface area contributed by atoms with Crippen molar-refractivity contribution in [1.82, 2.24) is 5.32 Å². The van der Waals surface area contributed by atoms with Crippen LogP contribution in [0.3, 0.4) is 0 Å². The molecule has 1 N–H and O–H groups in total. The van der Waals surface area contributed by atoms with Crippen LogP contribution < -0.4 is 10.1 Å². The number of amides is 1. The summed E-state index contributed by atoms with van der Waals surface area (Å²) in [5.74, 6) is -0.153. The maximum Gasteiger partial charge on any atom is 0.373 e. The number of ether oxygens (including phenoxy) is 2. The molecule has 0 saturated carbocycles. The quantitative estimate of drug-likeness (QED) is 0.598. The van der Waals surface area contributed by atoms with Crippen molar-refractivity contribution in [3.8, 4) is 5.75 Å². The van der Waals surface area contributed by atoms with Crippen LogP contribution in [0, 0.1) is 0 Å². The molecule has 0 radical (unpaired) electrons. The summed E-state index contributed by atoms with van der Waals surface area (Å²) < 4.78 is 10.3. The van der Waals surface area contributed by atoms with E-state index in [2.05, 4.69) is 5.32 Å². The van der Waals surface area contributed by atoms with Crippen LogP contribution in [-0.4, -0.2) is 41.7 Å². The summed E-state index contributed by atoms with van der Waals surface area (Å²) in [5, 5.41) is 2.03. The van der Waals surface area contributed by atoms with Crippen molar-refractivity contribution in [3.05, 3.63) is 29.8 Å². The average molecular weight is 369 g/mol. The molecule has 0 aliphatic carbocycles. The van der Waals surface area contributed by atoms with Crippen molar-refractivity contribution in [1.29, 1.82) is 0 Å². The molecule has 136 valence electrons. The molecule has 0 heterocycles. The first-order chi connectivity index (χ1) is 11.8. The lowest BCUT2D eigenvalue weighted by Crippen LogP contribution is -2.23. The molecule has 1 rings (SSSR count). The Balaban J connectivity index is 0.00000178. The Hall–Kier alpha value is -2.64. The van der Waals surface area contributed by atoms with Gasteiger partial charge in [-0.3, -0.25) is 4.79 Å². The highest BCUT2D eigenvalue weighted by molar-refractivity contribution is 8.13. The molecule has 0 aliphatic heterocycles. The van der Waals surface area contributed by atoms with Crippen molar-refractivity contribution in [2.75, 3.05) is 12.3 Å². The van der Waals surface area contributed by atoms with E-state index in [1.165, 1.54) is 19.1 Å². The first-order valence-corrected chi connectivity index (χ1v) is 8.18. The molecule has 0 aromatic heterocycles. The topological polar surface area (TPSA) is 116 Å². The van der Waals surface area contributed by atoms with Crippen LogP contribution in [0.15, 0.2) is 24.3 Å². The van der Waals surface area contributed by atoms with E-state index in [1.807, 2.05) is 0 Å². The monoisotopic (exact) mass is 369 g/mol. The van der Waals surface area contributed by atoms with Gasteiger partial charge in [-0.1, -0.05) is 12.1 Å². The molecular formula is C16H19NO7S. The molecule has 0 aliphatic rings. The van der Waals surface area contributed by atoms with Gasteiger partial charge in [-0.25, -0.2) is 9.59 Å². The van der Waals surface area contributed by atoms with Gasteiger partial charge in [0.1, 0.15) is 11.3 Å². The Bertz CT molecular complexity index is 625. The van der Waals surface area contributed by atoms with E-state index < -0.39 is 11.3 Å². The second-order valence-electron chi connectivity index (χ2n) is 4.72. The van der Waals surface area contributed by atoms with E-state index in [1.54, 1.807) is 26.0 Å². The highest BCUT2D eigenvalue weighted by Crippen LogP contribution is 2.21. The second-order valence-corrected chi connectivity index (χ2v) is 5.75. The van der Waals surface area contributed by atoms with Gasteiger partial charge in [-0.15, -0.1) is 0 Å². The summed E-state index contributed by atoms with van der Waals surface area (Å²) >= 11 is 0.920. The summed E-state index contributed by atoms with van der Waals surface area (Å²) in [6.45, 7) is 5.25. The minimum Gasteiger partial charge on any atom is -0.459 e. The highest BCUT2D eigenvalue weighted by atomic mass is 32.2. The van der Waals surface area contributed by atoms with Gasteiger partial charge < -0.3 is 14.8 Å². The van der Waals surface area contributed by atoms with Crippen molar-refractivity contribution in [3.63, 3.8) is 0 Å². The zero-order valence-corrected chi connectivity index (χ0v) is 14.9. The number of nitrogens with one attached hydrogen (secondary N) is 1.